The van der Waals surface area contributed by atoms with Gasteiger partial charge in [-0.25, -0.2) is 0 Å². The number of aromatic nitrogens is 4. The SMILES string of the molecule is CCn1ncc(Cl)c1CN(C)C(=O)c1cnn(CCC(=O)O)c1. The van der Waals surface area contributed by atoms with Crippen LogP contribution in [0.3, 0.4) is 0 Å². The third kappa shape index (κ3) is 4.10. The van der Waals surface area contributed by atoms with E-state index in [9.17, 15) is 9.59 Å². The Morgan fingerprint density at radius 1 is 1.35 bits per heavy atom. The molecule has 2 rings (SSSR count). The first-order valence-electron chi connectivity index (χ1n) is 7.12. The Morgan fingerprint density at radius 2 is 2.09 bits per heavy atom. The molecule has 2 aromatic rings. The summed E-state index contributed by atoms with van der Waals surface area (Å²) in [6.07, 6.45) is 4.49. The van der Waals surface area contributed by atoms with E-state index in [1.807, 2.05) is 6.92 Å². The Bertz CT molecular complexity index is 709. The monoisotopic (exact) mass is 339 g/mol. The molecule has 8 nitrogen and oxygen atoms in total. The topological polar surface area (TPSA) is 93.3 Å². The van der Waals surface area contributed by atoms with E-state index in [0.29, 0.717) is 23.7 Å². The normalized spacial score (nSPS) is 10.7. The van der Waals surface area contributed by atoms with E-state index in [1.54, 1.807) is 24.1 Å². The molecule has 0 aliphatic heterocycles. The van der Waals surface area contributed by atoms with Crippen LogP contribution in [0.15, 0.2) is 18.6 Å². The third-order valence-electron chi connectivity index (χ3n) is 3.37. The molecule has 0 radical (unpaired) electrons. The number of hydrogen-bond donors (Lipinski definition) is 1. The number of aryl methyl sites for hydroxylation is 2. The molecule has 0 aromatic carbocycles. The van der Waals surface area contributed by atoms with E-state index in [1.165, 1.54) is 15.8 Å². The highest BCUT2D eigenvalue weighted by molar-refractivity contribution is 6.31. The van der Waals surface area contributed by atoms with Gasteiger partial charge in [0, 0.05) is 19.8 Å². The second-order valence-corrected chi connectivity index (χ2v) is 5.46. The van der Waals surface area contributed by atoms with Gasteiger partial charge in [0.1, 0.15) is 0 Å². The molecule has 0 saturated carbocycles. The molecule has 0 atom stereocenters. The van der Waals surface area contributed by atoms with Crippen molar-refractivity contribution in [2.24, 2.45) is 0 Å². The van der Waals surface area contributed by atoms with Gasteiger partial charge in [0.15, 0.2) is 0 Å². The molecule has 1 N–H and O–H groups in total. The van der Waals surface area contributed by atoms with Gasteiger partial charge in [-0.05, 0) is 6.92 Å². The Kier molecular flexibility index (Phi) is 5.38. The summed E-state index contributed by atoms with van der Waals surface area (Å²) >= 11 is 6.10. The molecule has 1 amide bonds. The van der Waals surface area contributed by atoms with Gasteiger partial charge in [0.05, 0.1) is 48.2 Å². The Morgan fingerprint density at radius 3 is 2.74 bits per heavy atom. The number of hydrogen-bond acceptors (Lipinski definition) is 4. The van der Waals surface area contributed by atoms with E-state index < -0.39 is 5.97 Å². The first-order valence-corrected chi connectivity index (χ1v) is 7.50. The number of rotatable bonds is 7. The van der Waals surface area contributed by atoms with Crippen LogP contribution in [-0.4, -0.2) is 48.5 Å². The zero-order valence-electron chi connectivity index (χ0n) is 12.9. The highest BCUT2D eigenvalue weighted by atomic mass is 35.5. The van der Waals surface area contributed by atoms with E-state index in [-0.39, 0.29) is 18.9 Å². The maximum absolute atomic E-state index is 12.4. The lowest BCUT2D eigenvalue weighted by Crippen LogP contribution is -2.27. The van der Waals surface area contributed by atoms with Gasteiger partial charge in [-0.15, -0.1) is 0 Å². The minimum atomic E-state index is -0.909. The number of carboxylic acids is 1. The maximum atomic E-state index is 12.4. The number of aliphatic carboxylic acids is 1. The van der Waals surface area contributed by atoms with Crippen molar-refractivity contribution >= 4 is 23.5 Å². The molecule has 23 heavy (non-hydrogen) atoms. The molecule has 0 spiro atoms. The van der Waals surface area contributed by atoms with E-state index >= 15 is 0 Å². The molecule has 124 valence electrons. The van der Waals surface area contributed by atoms with Gasteiger partial charge in [0.25, 0.3) is 5.91 Å². The van der Waals surface area contributed by atoms with Crippen LogP contribution in [0.25, 0.3) is 0 Å². The van der Waals surface area contributed by atoms with E-state index in [4.69, 9.17) is 16.7 Å². The van der Waals surface area contributed by atoms with Crippen molar-refractivity contribution in [3.8, 4) is 0 Å². The molecule has 2 heterocycles. The summed E-state index contributed by atoms with van der Waals surface area (Å²) in [5.74, 6) is -1.13. The van der Waals surface area contributed by atoms with Crippen molar-refractivity contribution in [3.05, 3.63) is 34.9 Å². The molecule has 0 bridgehead atoms. The fourth-order valence-electron chi connectivity index (χ4n) is 2.14. The number of nitrogens with zero attached hydrogens (tertiary/aromatic N) is 5. The predicted molar refractivity (Wildman–Crippen MR) is 83.2 cm³/mol. The molecular weight excluding hydrogens is 322 g/mol. The molecule has 0 unspecified atom stereocenters. The van der Waals surface area contributed by atoms with Crippen molar-refractivity contribution < 1.29 is 14.7 Å². The van der Waals surface area contributed by atoms with Crippen molar-refractivity contribution in [2.45, 2.75) is 33.0 Å². The molecular formula is C14H18ClN5O3. The Labute approximate surface area is 138 Å². The molecule has 2 aromatic heterocycles. The Balaban J connectivity index is 2.05. The average Bonchev–Trinajstić information content (AvgIpc) is 3.12. The summed E-state index contributed by atoms with van der Waals surface area (Å²) in [6, 6.07) is 0. The van der Waals surface area contributed by atoms with Crippen LogP contribution >= 0.6 is 11.6 Å². The zero-order valence-corrected chi connectivity index (χ0v) is 13.7. The lowest BCUT2D eigenvalue weighted by Gasteiger charge is -2.17. The van der Waals surface area contributed by atoms with Gasteiger partial charge in [0.2, 0.25) is 0 Å². The van der Waals surface area contributed by atoms with Crippen LogP contribution in [0.4, 0.5) is 0 Å². The minimum Gasteiger partial charge on any atom is -0.481 e. The standard InChI is InChI=1S/C14H18ClN5O3/c1-3-20-12(11(15)7-17-20)9-18(2)14(23)10-6-16-19(8-10)5-4-13(21)22/h6-8H,3-5,9H2,1-2H3,(H,21,22). The number of amides is 1. The molecule has 0 aliphatic carbocycles. The fraction of sp³-hybridized carbons (Fsp3) is 0.429. The molecule has 0 saturated heterocycles. The van der Waals surface area contributed by atoms with Gasteiger partial charge >= 0.3 is 5.97 Å². The summed E-state index contributed by atoms with van der Waals surface area (Å²) in [5.41, 5.74) is 1.17. The number of carboxylic acid groups (broad SMARTS) is 1. The second-order valence-electron chi connectivity index (χ2n) is 5.05. The van der Waals surface area contributed by atoms with Crippen molar-refractivity contribution in [1.82, 2.24) is 24.5 Å². The smallest absolute Gasteiger partial charge is 0.305 e. The van der Waals surface area contributed by atoms with E-state index in [2.05, 4.69) is 10.2 Å². The lowest BCUT2D eigenvalue weighted by atomic mass is 10.3. The van der Waals surface area contributed by atoms with Crippen molar-refractivity contribution in [2.75, 3.05) is 7.05 Å². The Hall–Kier alpha value is -2.35. The summed E-state index contributed by atoms with van der Waals surface area (Å²) < 4.78 is 3.18. The number of carbonyl (C=O) groups is 2. The van der Waals surface area contributed by atoms with Crippen LogP contribution in [0.2, 0.25) is 5.02 Å². The summed E-state index contributed by atoms with van der Waals surface area (Å²) in [6.45, 7) is 3.16. The van der Waals surface area contributed by atoms with Crippen LogP contribution in [0, 0.1) is 0 Å². The highest BCUT2D eigenvalue weighted by Gasteiger charge is 2.18. The molecule has 9 heteroatoms. The zero-order chi connectivity index (χ0) is 17.0. The third-order valence-corrected chi connectivity index (χ3v) is 3.68. The van der Waals surface area contributed by atoms with Crippen LogP contribution in [-0.2, 0) is 24.4 Å². The number of carbonyl (C=O) groups excluding carboxylic acids is 1. The molecule has 0 fully saturated rings. The summed E-state index contributed by atoms with van der Waals surface area (Å²) in [4.78, 5) is 24.5. The highest BCUT2D eigenvalue weighted by Crippen LogP contribution is 2.17. The first kappa shape index (κ1) is 17.0. The predicted octanol–water partition coefficient (Wildman–Crippen LogP) is 1.50. The maximum Gasteiger partial charge on any atom is 0.305 e. The van der Waals surface area contributed by atoms with Crippen LogP contribution < -0.4 is 0 Å². The summed E-state index contributed by atoms with van der Waals surface area (Å²) in [7, 11) is 1.67. The van der Waals surface area contributed by atoms with Crippen LogP contribution in [0.1, 0.15) is 29.4 Å². The second kappa shape index (κ2) is 7.28. The minimum absolute atomic E-state index is 0.0452. The summed E-state index contributed by atoms with van der Waals surface area (Å²) in [5, 5.41) is 17.3. The number of halogens is 1. The van der Waals surface area contributed by atoms with Gasteiger partial charge < -0.3 is 10.0 Å². The van der Waals surface area contributed by atoms with Crippen molar-refractivity contribution in [1.29, 1.82) is 0 Å². The fourth-order valence-corrected chi connectivity index (χ4v) is 2.34. The van der Waals surface area contributed by atoms with E-state index in [0.717, 1.165) is 5.69 Å². The largest absolute Gasteiger partial charge is 0.481 e. The first-order chi connectivity index (χ1) is 10.9. The average molecular weight is 340 g/mol. The molecule has 0 aliphatic rings. The van der Waals surface area contributed by atoms with Crippen LogP contribution in [0.5, 0.6) is 0 Å². The van der Waals surface area contributed by atoms with Gasteiger partial charge in [-0.3, -0.25) is 19.0 Å². The lowest BCUT2D eigenvalue weighted by molar-refractivity contribution is -0.137. The van der Waals surface area contributed by atoms with Gasteiger partial charge in [-0.2, -0.15) is 10.2 Å². The quantitative estimate of drug-likeness (QED) is 0.825. The van der Waals surface area contributed by atoms with Gasteiger partial charge in [-0.1, -0.05) is 11.6 Å². The van der Waals surface area contributed by atoms with Crippen molar-refractivity contribution in [3.63, 3.8) is 0 Å².